The maximum Gasteiger partial charge on any atom is 0.248 e. The molecule has 0 saturated heterocycles. The Bertz CT molecular complexity index is 927. The van der Waals surface area contributed by atoms with Gasteiger partial charge in [0.1, 0.15) is 17.5 Å². The number of benzene rings is 2. The van der Waals surface area contributed by atoms with Gasteiger partial charge in [0.05, 0.1) is 31.9 Å². The number of rotatable bonds is 7. The van der Waals surface area contributed by atoms with Crippen molar-refractivity contribution in [2.45, 2.75) is 19.9 Å². The molecule has 2 aromatic rings. The molecule has 146 valence electrons. The van der Waals surface area contributed by atoms with E-state index in [0.29, 0.717) is 22.9 Å². The number of aryl methyl sites for hydroxylation is 1. The Hall–Kier alpha value is -2.74. The average Bonchev–Trinajstić information content (AvgIpc) is 2.61. The van der Waals surface area contributed by atoms with Crippen LogP contribution < -0.4 is 19.1 Å². The number of methoxy groups -OCH3 is 2. The van der Waals surface area contributed by atoms with Crippen molar-refractivity contribution in [3.63, 3.8) is 0 Å². The number of sulfonamides is 1. The lowest BCUT2D eigenvalue weighted by molar-refractivity contribution is -0.116. The van der Waals surface area contributed by atoms with Crippen molar-refractivity contribution in [1.29, 1.82) is 0 Å². The van der Waals surface area contributed by atoms with E-state index in [1.54, 1.807) is 36.4 Å². The van der Waals surface area contributed by atoms with Gasteiger partial charge in [0.25, 0.3) is 0 Å². The van der Waals surface area contributed by atoms with Gasteiger partial charge in [-0.25, -0.2) is 8.42 Å². The van der Waals surface area contributed by atoms with Crippen LogP contribution in [0.1, 0.15) is 12.5 Å². The van der Waals surface area contributed by atoms with E-state index in [1.807, 2.05) is 13.0 Å². The van der Waals surface area contributed by atoms with E-state index in [4.69, 9.17) is 9.47 Å². The van der Waals surface area contributed by atoms with E-state index in [9.17, 15) is 13.2 Å². The second-order valence-electron chi connectivity index (χ2n) is 6.13. The number of carbonyl (C=O) groups is 1. The largest absolute Gasteiger partial charge is 0.497 e. The number of amides is 1. The van der Waals surface area contributed by atoms with Crippen molar-refractivity contribution in [2.24, 2.45) is 0 Å². The van der Waals surface area contributed by atoms with Crippen LogP contribution in [0, 0.1) is 6.92 Å². The van der Waals surface area contributed by atoms with Gasteiger partial charge in [-0.2, -0.15) is 0 Å². The van der Waals surface area contributed by atoms with Crippen molar-refractivity contribution in [1.82, 2.24) is 0 Å². The Morgan fingerprint density at radius 3 is 2.41 bits per heavy atom. The van der Waals surface area contributed by atoms with Crippen molar-refractivity contribution in [3.8, 4) is 11.5 Å². The topological polar surface area (TPSA) is 84.9 Å². The third kappa shape index (κ3) is 4.91. The third-order valence-electron chi connectivity index (χ3n) is 4.01. The number of hydrogen-bond donors (Lipinski definition) is 1. The molecule has 2 rings (SSSR count). The molecule has 0 radical (unpaired) electrons. The van der Waals surface area contributed by atoms with E-state index >= 15 is 0 Å². The van der Waals surface area contributed by atoms with Gasteiger partial charge in [-0.1, -0.05) is 12.1 Å². The molecule has 0 spiro atoms. The first-order chi connectivity index (χ1) is 12.7. The van der Waals surface area contributed by atoms with Crippen molar-refractivity contribution in [3.05, 3.63) is 48.0 Å². The third-order valence-corrected chi connectivity index (χ3v) is 5.25. The number of nitrogens with zero attached hydrogens (tertiary/aromatic N) is 1. The van der Waals surface area contributed by atoms with Gasteiger partial charge in [0.15, 0.2) is 0 Å². The van der Waals surface area contributed by atoms with Crippen LogP contribution in [-0.4, -0.2) is 40.8 Å². The highest BCUT2D eigenvalue weighted by Crippen LogP contribution is 2.28. The van der Waals surface area contributed by atoms with Crippen molar-refractivity contribution >= 4 is 27.3 Å². The van der Waals surface area contributed by atoms with Crippen LogP contribution in [0.4, 0.5) is 11.4 Å². The minimum atomic E-state index is -3.72. The fourth-order valence-electron chi connectivity index (χ4n) is 2.71. The fraction of sp³-hybridized carbons (Fsp3) is 0.316. The van der Waals surface area contributed by atoms with Crippen LogP contribution >= 0.6 is 0 Å². The maximum atomic E-state index is 12.8. The SMILES string of the molecule is COc1cccc(N(C(C)C(=O)Nc2cc(C)ccc2OC)S(C)(=O)=O)c1. The smallest absolute Gasteiger partial charge is 0.248 e. The van der Waals surface area contributed by atoms with Gasteiger partial charge >= 0.3 is 0 Å². The lowest BCUT2D eigenvalue weighted by Gasteiger charge is -2.28. The number of nitrogens with one attached hydrogen (secondary N) is 1. The minimum absolute atomic E-state index is 0.343. The van der Waals surface area contributed by atoms with Crippen LogP contribution in [0.15, 0.2) is 42.5 Å². The zero-order valence-electron chi connectivity index (χ0n) is 16.0. The summed E-state index contributed by atoms with van der Waals surface area (Å²) in [6, 6.07) is 10.9. The van der Waals surface area contributed by atoms with Gasteiger partial charge in [-0.3, -0.25) is 9.10 Å². The Kier molecular flexibility index (Phi) is 6.32. The second-order valence-corrected chi connectivity index (χ2v) is 7.99. The number of ether oxygens (including phenoxy) is 2. The van der Waals surface area contributed by atoms with E-state index in [-0.39, 0.29) is 0 Å². The Labute approximate surface area is 160 Å². The molecule has 8 heteroatoms. The van der Waals surface area contributed by atoms with Crippen LogP contribution in [-0.2, 0) is 14.8 Å². The van der Waals surface area contributed by atoms with Gasteiger partial charge in [0, 0.05) is 6.07 Å². The van der Waals surface area contributed by atoms with Crippen molar-refractivity contribution < 1.29 is 22.7 Å². The lowest BCUT2D eigenvalue weighted by atomic mass is 10.2. The highest BCUT2D eigenvalue weighted by Gasteiger charge is 2.29. The van der Waals surface area contributed by atoms with Gasteiger partial charge in [-0.05, 0) is 43.7 Å². The maximum absolute atomic E-state index is 12.8. The molecule has 0 aliphatic carbocycles. The van der Waals surface area contributed by atoms with E-state index in [1.165, 1.54) is 21.1 Å². The Balaban J connectivity index is 2.37. The number of hydrogen-bond acceptors (Lipinski definition) is 5. The zero-order valence-corrected chi connectivity index (χ0v) is 16.8. The van der Waals surface area contributed by atoms with Gasteiger partial charge < -0.3 is 14.8 Å². The summed E-state index contributed by atoms with van der Waals surface area (Å²) < 4.78 is 36.3. The first-order valence-corrected chi connectivity index (χ1v) is 10.1. The van der Waals surface area contributed by atoms with Crippen molar-refractivity contribution in [2.75, 3.05) is 30.1 Å². The predicted molar refractivity (Wildman–Crippen MR) is 106 cm³/mol. The molecule has 0 aliphatic heterocycles. The van der Waals surface area contributed by atoms with Crippen LogP contribution in [0.3, 0.4) is 0 Å². The summed E-state index contributed by atoms with van der Waals surface area (Å²) in [5.74, 6) is 0.509. The molecule has 2 aromatic carbocycles. The fourth-order valence-corrected chi connectivity index (χ4v) is 3.88. The van der Waals surface area contributed by atoms with Crippen LogP contribution in [0.25, 0.3) is 0 Å². The summed E-state index contributed by atoms with van der Waals surface area (Å²) in [5, 5.41) is 2.75. The quantitative estimate of drug-likeness (QED) is 0.783. The van der Waals surface area contributed by atoms with E-state index in [2.05, 4.69) is 5.32 Å². The predicted octanol–water partition coefficient (Wildman–Crippen LogP) is 2.81. The first-order valence-electron chi connectivity index (χ1n) is 8.26. The molecular weight excluding hydrogens is 368 g/mol. The number of anilines is 2. The normalized spacial score (nSPS) is 12.2. The average molecular weight is 392 g/mol. The van der Waals surface area contributed by atoms with E-state index < -0.39 is 22.0 Å². The molecule has 27 heavy (non-hydrogen) atoms. The zero-order chi connectivity index (χ0) is 20.2. The highest BCUT2D eigenvalue weighted by atomic mass is 32.2. The first kappa shape index (κ1) is 20.6. The summed E-state index contributed by atoms with van der Waals surface area (Å²) in [5.41, 5.74) is 1.76. The monoisotopic (exact) mass is 392 g/mol. The molecule has 0 bridgehead atoms. The molecule has 0 saturated carbocycles. The lowest BCUT2D eigenvalue weighted by Crippen LogP contribution is -2.45. The molecule has 1 atom stereocenters. The second kappa shape index (κ2) is 8.30. The van der Waals surface area contributed by atoms with Crippen LogP contribution in [0.2, 0.25) is 0 Å². The summed E-state index contributed by atoms with van der Waals surface area (Å²) in [6.07, 6.45) is 1.06. The molecule has 0 fully saturated rings. The molecule has 0 aromatic heterocycles. The number of carbonyl (C=O) groups excluding carboxylic acids is 1. The van der Waals surface area contributed by atoms with Gasteiger partial charge in [-0.15, -0.1) is 0 Å². The minimum Gasteiger partial charge on any atom is -0.497 e. The summed E-state index contributed by atoms with van der Waals surface area (Å²) in [7, 11) is -0.725. The molecule has 1 unspecified atom stereocenters. The van der Waals surface area contributed by atoms with E-state index in [0.717, 1.165) is 16.1 Å². The molecule has 0 heterocycles. The summed E-state index contributed by atoms with van der Waals surface area (Å²) >= 11 is 0. The standard InChI is InChI=1S/C19H24N2O5S/c1-13-9-10-18(26-4)17(11-13)20-19(22)14(2)21(27(5,23)24)15-7-6-8-16(12-15)25-3/h6-12,14H,1-5H3,(H,20,22). The summed E-state index contributed by atoms with van der Waals surface area (Å²) in [4.78, 5) is 12.8. The summed E-state index contributed by atoms with van der Waals surface area (Å²) in [6.45, 7) is 3.41. The Morgan fingerprint density at radius 1 is 1.11 bits per heavy atom. The Morgan fingerprint density at radius 2 is 1.81 bits per heavy atom. The molecule has 7 nitrogen and oxygen atoms in total. The molecule has 1 N–H and O–H groups in total. The van der Waals surface area contributed by atoms with Crippen LogP contribution in [0.5, 0.6) is 11.5 Å². The van der Waals surface area contributed by atoms with Gasteiger partial charge in [0.2, 0.25) is 15.9 Å². The molecule has 0 aliphatic rings. The molecule has 1 amide bonds. The highest BCUT2D eigenvalue weighted by molar-refractivity contribution is 7.92. The molecular formula is C19H24N2O5S.